The molecule has 3 aromatic rings. The van der Waals surface area contributed by atoms with Gasteiger partial charge >= 0.3 is 0 Å². The standard InChI is InChI=1S/C14H14ClN3OS/c1-8-5-9(15)6-11-13(8)19-12(18-11)4-2-3-10-7-20-14(16)17-10/h5-7H,2-4H2,1H3,(H2,16,17). The van der Waals surface area contributed by atoms with Crippen molar-refractivity contribution < 1.29 is 4.42 Å². The Kier molecular flexibility index (Phi) is 3.63. The lowest BCUT2D eigenvalue weighted by Crippen LogP contribution is -1.91. The van der Waals surface area contributed by atoms with Crippen LogP contribution < -0.4 is 5.73 Å². The van der Waals surface area contributed by atoms with Gasteiger partial charge < -0.3 is 10.2 Å². The molecule has 0 saturated carbocycles. The predicted molar refractivity (Wildman–Crippen MR) is 82.3 cm³/mol. The molecule has 6 heteroatoms. The first-order valence-electron chi connectivity index (χ1n) is 6.37. The number of hydrogen-bond donors (Lipinski definition) is 1. The largest absolute Gasteiger partial charge is 0.440 e. The molecule has 104 valence electrons. The van der Waals surface area contributed by atoms with Crippen LogP contribution in [-0.2, 0) is 12.8 Å². The van der Waals surface area contributed by atoms with Crippen LogP contribution in [0.2, 0.25) is 5.02 Å². The Labute approximate surface area is 125 Å². The number of halogens is 1. The van der Waals surface area contributed by atoms with Crippen LogP contribution in [0, 0.1) is 6.92 Å². The number of aryl methyl sites for hydroxylation is 3. The summed E-state index contributed by atoms with van der Waals surface area (Å²) < 4.78 is 5.78. The molecule has 0 aliphatic rings. The van der Waals surface area contributed by atoms with Crippen molar-refractivity contribution >= 4 is 39.2 Å². The van der Waals surface area contributed by atoms with Gasteiger partial charge in [-0.1, -0.05) is 11.6 Å². The van der Waals surface area contributed by atoms with Crippen LogP contribution in [0.4, 0.5) is 5.13 Å². The molecule has 20 heavy (non-hydrogen) atoms. The normalized spacial score (nSPS) is 11.3. The van der Waals surface area contributed by atoms with Crippen LogP contribution >= 0.6 is 22.9 Å². The minimum Gasteiger partial charge on any atom is -0.440 e. The highest BCUT2D eigenvalue weighted by atomic mass is 35.5. The Morgan fingerprint density at radius 1 is 1.30 bits per heavy atom. The van der Waals surface area contributed by atoms with Gasteiger partial charge in [0.2, 0.25) is 0 Å². The van der Waals surface area contributed by atoms with E-state index >= 15 is 0 Å². The highest BCUT2D eigenvalue weighted by Gasteiger charge is 2.09. The molecule has 2 aromatic heterocycles. The van der Waals surface area contributed by atoms with E-state index in [1.54, 1.807) is 0 Å². The Balaban J connectivity index is 1.70. The Hall–Kier alpha value is -1.59. The number of anilines is 1. The maximum atomic E-state index is 6.02. The fraction of sp³-hybridized carbons (Fsp3) is 0.286. The van der Waals surface area contributed by atoms with Gasteiger partial charge in [0.05, 0.1) is 5.69 Å². The molecule has 0 spiro atoms. The van der Waals surface area contributed by atoms with Gasteiger partial charge in [-0.05, 0) is 37.5 Å². The average Bonchev–Trinajstić information content (AvgIpc) is 2.96. The number of thiazole rings is 1. The predicted octanol–water partition coefficient (Wildman–Crippen LogP) is 4.00. The molecule has 0 unspecified atom stereocenters. The average molecular weight is 308 g/mol. The van der Waals surface area contributed by atoms with Crippen LogP contribution in [-0.4, -0.2) is 9.97 Å². The third-order valence-corrected chi connectivity index (χ3v) is 4.02. The molecule has 0 amide bonds. The molecule has 1 aromatic carbocycles. The van der Waals surface area contributed by atoms with Crippen molar-refractivity contribution in [1.82, 2.24) is 9.97 Å². The maximum Gasteiger partial charge on any atom is 0.195 e. The third-order valence-electron chi connectivity index (χ3n) is 3.08. The second kappa shape index (κ2) is 5.42. The Bertz CT molecular complexity index is 750. The molecule has 2 N–H and O–H groups in total. The lowest BCUT2D eigenvalue weighted by molar-refractivity contribution is 0.517. The quantitative estimate of drug-likeness (QED) is 0.791. The number of aromatic nitrogens is 2. The van der Waals surface area contributed by atoms with Gasteiger partial charge in [-0.25, -0.2) is 9.97 Å². The number of hydrogen-bond acceptors (Lipinski definition) is 5. The molecular formula is C14H14ClN3OS. The second-order valence-electron chi connectivity index (χ2n) is 4.71. The molecule has 0 aliphatic carbocycles. The van der Waals surface area contributed by atoms with E-state index in [9.17, 15) is 0 Å². The molecule has 4 nitrogen and oxygen atoms in total. The highest BCUT2D eigenvalue weighted by molar-refractivity contribution is 7.13. The third kappa shape index (κ3) is 2.78. The van der Waals surface area contributed by atoms with Crippen molar-refractivity contribution in [3.8, 4) is 0 Å². The van der Waals surface area contributed by atoms with E-state index in [1.165, 1.54) is 11.3 Å². The molecule has 0 aliphatic heterocycles. The molecule has 2 heterocycles. The van der Waals surface area contributed by atoms with Gasteiger partial charge in [-0.3, -0.25) is 0 Å². The summed E-state index contributed by atoms with van der Waals surface area (Å²) >= 11 is 7.49. The minimum atomic E-state index is 0.618. The van der Waals surface area contributed by atoms with Gasteiger partial charge in [-0.2, -0.15) is 0 Å². The van der Waals surface area contributed by atoms with E-state index in [0.717, 1.165) is 47.5 Å². The van der Waals surface area contributed by atoms with Crippen LogP contribution in [0.3, 0.4) is 0 Å². The van der Waals surface area contributed by atoms with Crippen molar-refractivity contribution in [3.05, 3.63) is 39.7 Å². The smallest absolute Gasteiger partial charge is 0.195 e. The highest BCUT2D eigenvalue weighted by Crippen LogP contribution is 2.25. The topological polar surface area (TPSA) is 64.9 Å². The number of rotatable bonds is 4. The number of nitrogen functional groups attached to an aromatic ring is 1. The van der Waals surface area contributed by atoms with Crippen LogP contribution in [0.15, 0.2) is 21.9 Å². The van der Waals surface area contributed by atoms with Crippen molar-refractivity contribution in [3.63, 3.8) is 0 Å². The number of nitrogens with two attached hydrogens (primary N) is 1. The van der Waals surface area contributed by atoms with Gasteiger partial charge in [0.25, 0.3) is 0 Å². The van der Waals surface area contributed by atoms with E-state index < -0.39 is 0 Å². The molecule has 0 saturated heterocycles. The monoisotopic (exact) mass is 307 g/mol. The van der Waals surface area contributed by atoms with E-state index in [1.807, 2.05) is 24.4 Å². The molecule has 0 atom stereocenters. The van der Waals surface area contributed by atoms with Crippen molar-refractivity contribution in [1.29, 1.82) is 0 Å². The van der Waals surface area contributed by atoms with Crippen LogP contribution in [0.5, 0.6) is 0 Å². The minimum absolute atomic E-state index is 0.618. The molecule has 0 fully saturated rings. The summed E-state index contributed by atoms with van der Waals surface area (Å²) in [5, 5.41) is 3.30. The summed E-state index contributed by atoms with van der Waals surface area (Å²) in [6, 6.07) is 3.72. The molecular weight excluding hydrogens is 294 g/mol. The first-order chi connectivity index (χ1) is 9.61. The van der Waals surface area contributed by atoms with E-state index in [-0.39, 0.29) is 0 Å². The fourth-order valence-corrected chi connectivity index (χ4v) is 3.03. The number of nitrogens with zero attached hydrogens (tertiary/aromatic N) is 2. The lowest BCUT2D eigenvalue weighted by atomic mass is 10.2. The first-order valence-corrected chi connectivity index (χ1v) is 7.63. The molecule has 3 rings (SSSR count). The molecule has 0 radical (unpaired) electrons. The van der Waals surface area contributed by atoms with Crippen molar-refractivity contribution in [2.75, 3.05) is 5.73 Å². The van der Waals surface area contributed by atoms with Crippen LogP contribution in [0.1, 0.15) is 23.6 Å². The van der Waals surface area contributed by atoms with Crippen molar-refractivity contribution in [2.24, 2.45) is 0 Å². The first kappa shape index (κ1) is 13.4. The summed E-state index contributed by atoms with van der Waals surface area (Å²) in [5.74, 6) is 0.744. The number of oxazole rings is 1. The van der Waals surface area contributed by atoms with Gasteiger partial charge in [-0.15, -0.1) is 11.3 Å². The zero-order valence-corrected chi connectivity index (χ0v) is 12.6. The SMILES string of the molecule is Cc1cc(Cl)cc2nc(CCCc3csc(N)n3)oc12. The summed E-state index contributed by atoms with van der Waals surface area (Å²) in [6.07, 6.45) is 2.60. The van der Waals surface area contributed by atoms with Crippen molar-refractivity contribution in [2.45, 2.75) is 26.2 Å². The van der Waals surface area contributed by atoms with Gasteiger partial charge in [0, 0.05) is 16.8 Å². The summed E-state index contributed by atoms with van der Waals surface area (Å²) in [7, 11) is 0. The number of benzene rings is 1. The summed E-state index contributed by atoms with van der Waals surface area (Å²) in [5.41, 5.74) is 9.29. The van der Waals surface area contributed by atoms with Crippen LogP contribution in [0.25, 0.3) is 11.1 Å². The van der Waals surface area contributed by atoms with E-state index in [4.69, 9.17) is 21.8 Å². The second-order valence-corrected chi connectivity index (χ2v) is 6.04. The Morgan fingerprint density at radius 3 is 2.90 bits per heavy atom. The number of fused-ring (bicyclic) bond motifs is 1. The van der Waals surface area contributed by atoms with E-state index in [0.29, 0.717) is 10.2 Å². The van der Waals surface area contributed by atoms with Gasteiger partial charge in [0.15, 0.2) is 16.6 Å². The zero-order valence-electron chi connectivity index (χ0n) is 11.0. The zero-order chi connectivity index (χ0) is 14.1. The molecule has 0 bridgehead atoms. The Morgan fingerprint density at radius 2 is 2.15 bits per heavy atom. The summed E-state index contributed by atoms with van der Waals surface area (Å²) in [6.45, 7) is 1.97. The summed E-state index contributed by atoms with van der Waals surface area (Å²) in [4.78, 5) is 8.72. The maximum absolute atomic E-state index is 6.02. The lowest BCUT2D eigenvalue weighted by Gasteiger charge is -1.95. The van der Waals surface area contributed by atoms with Gasteiger partial charge in [0.1, 0.15) is 5.52 Å². The fourth-order valence-electron chi connectivity index (χ4n) is 2.17. The van der Waals surface area contributed by atoms with E-state index in [2.05, 4.69) is 9.97 Å².